The van der Waals surface area contributed by atoms with Gasteiger partial charge in [-0.3, -0.25) is 0 Å². The van der Waals surface area contributed by atoms with Gasteiger partial charge in [-0.2, -0.15) is 0 Å². The molecule has 0 heterocycles. The normalized spacial score (nSPS) is 25.5. The zero-order valence-electron chi connectivity index (χ0n) is 12.1. The van der Waals surface area contributed by atoms with Gasteiger partial charge in [0.1, 0.15) is 0 Å². The lowest BCUT2D eigenvalue weighted by molar-refractivity contribution is 0.125. The van der Waals surface area contributed by atoms with Crippen molar-refractivity contribution in [2.75, 3.05) is 25.5 Å². The molecule has 0 saturated heterocycles. The molecule has 0 atom stereocenters. The monoisotopic (exact) mass is 315 g/mol. The fourth-order valence-corrected chi connectivity index (χ4v) is 4.82. The summed E-state index contributed by atoms with van der Waals surface area (Å²) in [5.74, 6) is 0.986. The first-order valence-corrected chi connectivity index (χ1v) is 9.11. The highest BCUT2D eigenvalue weighted by atomic mass is 79.9. The Morgan fingerprint density at radius 1 is 1.00 bits per heavy atom. The lowest BCUT2D eigenvalue weighted by atomic mass is 9.75. The zero-order valence-corrected chi connectivity index (χ0v) is 13.7. The molecule has 18 heavy (non-hydrogen) atoms. The number of alkyl halides is 1. The summed E-state index contributed by atoms with van der Waals surface area (Å²) >= 11 is 3.80. The van der Waals surface area contributed by atoms with Crippen molar-refractivity contribution in [3.8, 4) is 0 Å². The largest absolute Gasteiger partial charge is 0.306 e. The van der Waals surface area contributed by atoms with Crippen LogP contribution in [-0.4, -0.2) is 30.4 Å². The molecule has 2 rings (SSSR count). The average Bonchev–Trinajstić information content (AvgIpc) is 2.41. The van der Waals surface area contributed by atoms with E-state index in [9.17, 15) is 0 Å². The summed E-state index contributed by atoms with van der Waals surface area (Å²) < 4.78 is 0. The van der Waals surface area contributed by atoms with E-state index in [2.05, 4.69) is 27.9 Å². The van der Waals surface area contributed by atoms with Crippen molar-refractivity contribution in [3.05, 3.63) is 0 Å². The Bertz CT molecular complexity index is 229. The summed E-state index contributed by atoms with van der Waals surface area (Å²) in [4.78, 5) is 2.64. The fraction of sp³-hybridized carbons (Fsp3) is 1.00. The fourth-order valence-electron chi connectivity index (χ4n) is 4.08. The molecule has 0 spiro atoms. The maximum absolute atomic E-state index is 3.80. The standard InChI is InChI=1S/C16H30BrN/c1-18(12-15-8-4-2-5-9-15)14-16(13-17)10-6-3-7-11-16/h15H,2-14H2,1H3. The predicted octanol–water partition coefficient (Wildman–Crippen LogP) is 4.84. The van der Waals surface area contributed by atoms with Gasteiger partial charge in [0.25, 0.3) is 0 Å². The molecule has 0 bridgehead atoms. The van der Waals surface area contributed by atoms with Crippen LogP contribution < -0.4 is 0 Å². The molecule has 0 aliphatic heterocycles. The van der Waals surface area contributed by atoms with Crippen molar-refractivity contribution in [1.29, 1.82) is 0 Å². The smallest absolute Gasteiger partial charge is 0.0100 e. The van der Waals surface area contributed by atoms with E-state index in [0.29, 0.717) is 5.41 Å². The van der Waals surface area contributed by atoms with Crippen LogP contribution in [0.15, 0.2) is 0 Å². The second kappa shape index (κ2) is 7.28. The molecule has 2 fully saturated rings. The molecule has 1 nitrogen and oxygen atoms in total. The molecule has 2 saturated carbocycles. The van der Waals surface area contributed by atoms with Crippen LogP contribution in [0, 0.1) is 11.3 Å². The second-order valence-corrected chi connectivity index (χ2v) is 7.46. The van der Waals surface area contributed by atoms with E-state index in [1.54, 1.807) is 0 Å². The Labute approximate surface area is 122 Å². The van der Waals surface area contributed by atoms with Crippen molar-refractivity contribution >= 4 is 15.9 Å². The molecule has 0 unspecified atom stereocenters. The summed E-state index contributed by atoms with van der Waals surface area (Å²) in [7, 11) is 2.35. The molecule has 2 aliphatic rings. The maximum atomic E-state index is 3.80. The van der Waals surface area contributed by atoms with Crippen molar-refractivity contribution < 1.29 is 0 Å². The van der Waals surface area contributed by atoms with Gasteiger partial charge in [-0.05, 0) is 44.1 Å². The van der Waals surface area contributed by atoms with Gasteiger partial charge in [-0.1, -0.05) is 54.5 Å². The van der Waals surface area contributed by atoms with Crippen molar-refractivity contribution in [2.45, 2.75) is 64.2 Å². The molecule has 2 aliphatic carbocycles. The third-order valence-electron chi connectivity index (χ3n) is 5.10. The van der Waals surface area contributed by atoms with Crippen LogP contribution in [-0.2, 0) is 0 Å². The van der Waals surface area contributed by atoms with Gasteiger partial charge < -0.3 is 4.90 Å². The Kier molecular flexibility index (Phi) is 6.00. The average molecular weight is 316 g/mol. The minimum absolute atomic E-state index is 0.585. The van der Waals surface area contributed by atoms with Gasteiger partial charge in [-0.15, -0.1) is 0 Å². The van der Waals surface area contributed by atoms with Crippen LogP contribution in [0.5, 0.6) is 0 Å². The van der Waals surface area contributed by atoms with Crippen LogP contribution in [0.2, 0.25) is 0 Å². The Morgan fingerprint density at radius 3 is 2.22 bits per heavy atom. The number of rotatable bonds is 5. The quantitative estimate of drug-likeness (QED) is 0.656. The molecule has 0 amide bonds. The van der Waals surface area contributed by atoms with E-state index in [1.165, 1.54) is 82.6 Å². The summed E-state index contributed by atoms with van der Waals surface area (Å²) in [6.07, 6.45) is 14.6. The summed E-state index contributed by atoms with van der Waals surface area (Å²) in [5.41, 5.74) is 0.585. The van der Waals surface area contributed by atoms with Gasteiger partial charge in [0.2, 0.25) is 0 Å². The molecule has 0 radical (unpaired) electrons. The molecule has 0 aromatic carbocycles. The van der Waals surface area contributed by atoms with E-state index in [0.717, 1.165) is 5.92 Å². The highest BCUT2D eigenvalue weighted by Crippen LogP contribution is 2.38. The number of hydrogen-bond donors (Lipinski definition) is 0. The molecule has 0 aromatic rings. The van der Waals surface area contributed by atoms with Crippen LogP contribution in [0.3, 0.4) is 0 Å². The summed E-state index contributed by atoms with van der Waals surface area (Å²) in [6.45, 7) is 2.66. The number of hydrogen-bond acceptors (Lipinski definition) is 1. The first-order valence-electron chi connectivity index (χ1n) is 7.99. The van der Waals surface area contributed by atoms with Gasteiger partial charge in [0.15, 0.2) is 0 Å². The van der Waals surface area contributed by atoms with Gasteiger partial charge >= 0.3 is 0 Å². The molecular formula is C16H30BrN. The Hall–Kier alpha value is 0.440. The van der Waals surface area contributed by atoms with Crippen molar-refractivity contribution in [2.24, 2.45) is 11.3 Å². The van der Waals surface area contributed by atoms with E-state index >= 15 is 0 Å². The van der Waals surface area contributed by atoms with E-state index < -0.39 is 0 Å². The molecular weight excluding hydrogens is 286 g/mol. The molecule has 0 N–H and O–H groups in total. The third kappa shape index (κ3) is 4.23. The number of halogens is 1. The second-order valence-electron chi connectivity index (χ2n) is 6.90. The van der Waals surface area contributed by atoms with Crippen LogP contribution >= 0.6 is 15.9 Å². The number of nitrogens with zero attached hydrogens (tertiary/aromatic N) is 1. The zero-order chi connectivity index (χ0) is 12.8. The highest BCUT2D eigenvalue weighted by Gasteiger charge is 2.32. The van der Waals surface area contributed by atoms with E-state index in [-0.39, 0.29) is 0 Å². The minimum Gasteiger partial charge on any atom is -0.306 e. The summed E-state index contributed by atoms with van der Waals surface area (Å²) in [6, 6.07) is 0. The Morgan fingerprint density at radius 2 is 1.61 bits per heavy atom. The first kappa shape index (κ1) is 14.8. The minimum atomic E-state index is 0.585. The van der Waals surface area contributed by atoms with Crippen LogP contribution in [0.1, 0.15) is 64.2 Å². The Balaban J connectivity index is 1.78. The van der Waals surface area contributed by atoms with Crippen LogP contribution in [0.25, 0.3) is 0 Å². The lowest BCUT2D eigenvalue weighted by Gasteiger charge is -2.40. The summed E-state index contributed by atoms with van der Waals surface area (Å²) in [5, 5.41) is 1.20. The lowest BCUT2D eigenvalue weighted by Crippen LogP contribution is -2.40. The topological polar surface area (TPSA) is 3.24 Å². The van der Waals surface area contributed by atoms with Crippen molar-refractivity contribution in [3.63, 3.8) is 0 Å². The van der Waals surface area contributed by atoms with Gasteiger partial charge in [0, 0.05) is 18.4 Å². The van der Waals surface area contributed by atoms with Gasteiger partial charge in [-0.25, -0.2) is 0 Å². The molecule has 0 aromatic heterocycles. The third-order valence-corrected chi connectivity index (χ3v) is 6.29. The SMILES string of the molecule is CN(CC1CCCCC1)CC1(CBr)CCCCC1. The van der Waals surface area contributed by atoms with Crippen LogP contribution in [0.4, 0.5) is 0 Å². The molecule has 106 valence electrons. The maximum Gasteiger partial charge on any atom is 0.0100 e. The van der Waals surface area contributed by atoms with Crippen molar-refractivity contribution in [1.82, 2.24) is 4.90 Å². The van der Waals surface area contributed by atoms with E-state index in [4.69, 9.17) is 0 Å². The van der Waals surface area contributed by atoms with E-state index in [1.807, 2.05) is 0 Å². The predicted molar refractivity (Wildman–Crippen MR) is 83.4 cm³/mol. The highest BCUT2D eigenvalue weighted by molar-refractivity contribution is 9.09. The van der Waals surface area contributed by atoms with Gasteiger partial charge in [0.05, 0.1) is 0 Å². The molecule has 2 heteroatoms. The first-order chi connectivity index (χ1) is 8.74.